The van der Waals surface area contributed by atoms with Gasteiger partial charge in [-0.2, -0.15) is 8.42 Å². The highest BCUT2D eigenvalue weighted by Crippen LogP contribution is 2.07. The molecular formula is C6H4FNO3S. The van der Waals surface area contributed by atoms with Crippen molar-refractivity contribution in [2.45, 2.75) is 5.03 Å². The van der Waals surface area contributed by atoms with Gasteiger partial charge in [-0.1, -0.05) is 9.95 Å². The number of nitrogens with zero attached hydrogens (tertiary/aromatic N) is 1. The number of hydrogen-bond acceptors (Lipinski definition) is 4. The Kier molecular flexibility index (Phi) is 2.18. The zero-order valence-electron chi connectivity index (χ0n) is 5.77. The average molecular weight is 189 g/mol. The van der Waals surface area contributed by atoms with Crippen LogP contribution in [-0.2, 0) is 10.2 Å². The average Bonchev–Trinajstić information content (AvgIpc) is 2.03. The first-order valence-electron chi connectivity index (χ1n) is 2.91. The Morgan fingerprint density at radius 2 is 2.08 bits per heavy atom. The lowest BCUT2D eigenvalue weighted by Crippen LogP contribution is -1.98. The predicted octanol–water partition coefficient (Wildman–Crippen LogP) is 0.552. The minimum absolute atomic E-state index is 0.117. The summed E-state index contributed by atoms with van der Waals surface area (Å²) in [6.45, 7) is 0. The van der Waals surface area contributed by atoms with E-state index in [1.165, 1.54) is 12.1 Å². The maximum absolute atomic E-state index is 12.2. The number of halogens is 1. The van der Waals surface area contributed by atoms with Crippen molar-refractivity contribution in [3.8, 4) is 0 Å². The highest BCUT2D eigenvalue weighted by molar-refractivity contribution is 7.86. The molecule has 0 saturated carbocycles. The van der Waals surface area contributed by atoms with Crippen LogP contribution in [0.15, 0.2) is 23.2 Å². The third kappa shape index (κ3) is 1.85. The summed E-state index contributed by atoms with van der Waals surface area (Å²) in [7, 11) is -4.81. The van der Waals surface area contributed by atoms with E-state index >= 15 is 0 Å². The van der Waals surface area contributed by atoms with Crippen molar-refractivity contribution >= 4 is 16.5 Å². The molecule has 0 aliphatic heterocycles. The molecule has 0 spiro atoms. The zero-order chi connectivity index (χ0) is 9.19. The molecule has 0 radical (unpaired) electrons. The van der Waals surface area contributed by atoms with Gasteiger partial charge in [0.25, 0.3) is 0 Å². The van der Waals surface area contributed by atoms with Crippen molar-refractivity contribution in [2.24, 2.45) is 0 Å². The lowest BCUT2D eigenvalue weighted by atomic mass is 10.4. The highest BCUT2D eigenvalue weighted by Gasteiger charge is 2.13. The van der Waals surface area contributed by atoms with Crippen LogP contribution >= 0.6 is 0 Å². The summed E-state index contributed by atoms with van der Waals surface area (Å²) in [6.07, 6.45) is 0.342. The van der Waals surface area contributed by atoms with Gasteiger partial charge in [0.15, 0.2) is 11.3 Å². The minimum Gasteiger partial charge on any atom is -0.296 e. The van der Waals surface area contributed by atoms with E-state index in [4.69, 9.17) is 0 Å². The Balaban J connectivity index is 3.29. The topological polar surface area (TPSA) is 64.1 Å². The smallest absolute Gasteiger partial charge is 0.296 e. The number of aromatic nitrogens is 1. The van der Waals surface area contributed by atoms with Crippen molar-refractivity contribution in [2.75, 3.05) is 0 Å². The van der Waals surface area contributed by atoms with Crippen LogP contribution in [-0.4, -0.2) is 19.7 Å². The summed E-state index contributed by atoms with van der Waals surface area (Å²) in [5, 5.41) is -0.743. The van der Waals surface area contributed by atoms with Crippen molar-refractivity contribution in [1.82, 2.24) is 4.98 Å². The Labute approximate surface area is 68.3 Å². The van der Waals surface area contributed by atoms with Gasteiger partial charge >= 0.3 is 10.2 Å². The molecule has 0 aromatic carbocycles. The Hall–Kier alpha value is -1.30. The van der Waals surface area contributed by atoms with Crippen LogP contribution in [0.2, 0.25) is 0 Å². The molecule has 12 heavy (non-hydrogen) atoms. The maximum atomic E-state index is 12.2. The highest BCUT2D eigenvalue weighted by atomic mass is 32.3. The zero-order valence-corrected chi connectivity index (χ0v) is 6.58. The van der Waals surface area contributed by atoms with Gasteiger partial charge in [0.1, 0.15) is 5.69 Å². The van der Waals surface area contributed by atoms with Gasteiger partial charge in [-0.15, -0.1) is 0 Å². The van der Waals surface area contributed by atoms with Crippen molar-refractivity contribution in [3.05, 3.63) is 23.9 Å². The van der Waals surface area contributed by atoms with E-state index in [0.717, 1.165) is 6.07 Å². The van der Waals surface area contributed by atoms with E-state index in [0.29, 0.717) is 6.29 Å². The first-order chi connectivity index (χ1) is 5.54. The molecular weight excluding hydrogens is 185 g/mol. The molecule has 6 heteroatoms. The van der Waals surface area contributed by atoms with Gasteiger partial charge in [0.05, 0.1) is 0 Å². The third-order valence-corrected chi connectivity index (χ3v) is 1.84. The molecule has 1 aromatic rings. The molecule has 4 nitrogen and oxygen atoms in total. The first-order valence-corrected chi connectivity index (χ1v) is 4.29. The van der Waals surface area contributed by atoms with E-state index in [-0.39, 0.29) is 5.69 Å². The summed E-state index contributed by atoms with van der Waals surface area (Å²) in [5.74, 6) is 0. The van der Waals surface area contributed by atoms with Crippen LogP contribution < -0.4 is 0 Å². The quantitative estimate of drug-likeness (QED) is 0.503. The standard InChI is InChI=1S/C6H4FNO3S/c7-12(10,11)6-3-1-2-5(4-9)8-6/h1-4H. The largest absolute Gasteiger partial charge is 0.349 e. The summed E-state index contributed by atoms with van der Waals surface area (Å²) in [5.41, 5.74) is -0.117. The summed E-state index contributed by atoms with van der Waals surface area (Å²) < 4.78 is 32.7. The number of hydrogen-bond donors (Lipinski definition) is 0. The lowest BCUT2D eigenvalue weighted by molar-refractivity contribution is 0.111. The summed E-state index contributed by atoms with van der Waals surface area (Å²) in [6, 6.07) is 3.49. The van der Waals surface area contributed by atoms with E-state index in [1.54, 1.807) is 0 Å². The third-order valence-electron chi connectivity index (χ3n) is 1.12. The van der Waals surface area contributed by atoms with Gasteiger partial charge in [0, 0.05) is 0 Å². The first kappa shape index (κ1) is 8.79. The molecule has 1 heterocycles. The molecule has 0 atom stereocenters. The van der Waals surface area contributed by atoms with Gasteiger partial charge in [-0.25, -0.2) is 4.98 Å². The van der Waals surface area contributed by atoms with E-state index < -0.39 is 15.2 Å². The number of aldehydes is 1. The van der Waals surface area contributed by atoms with Gasteiger partial charge in [0.2, 0.25) is 0 Å². The van der Waals surface area contributed by atoms with Crippen LogP contribution in [0.1, 0.15) is 10.5 Å². The molecule has 0 saturated heterocycles. The fourth-order valence-corrected chi connectivity index (χ4v) is 1.09. The molecule has 0 amide bonds. The molecule has 0 bridgehead atoms. The maximum Gasteiger partial charge on any atom is 0.349 e. The molecule has 0 N–H and O–H groups in total. The summed E-state index contributed by atoms with van der Waals surface area (Å²) >= 11 is 0. The number of carbonyl (C=O) groups is 1. The second-order valence-electron chi connectivity index (χ2n) is 1.96. The minimum atomic E-state index is -4.81. The van der Waals surface area contributed by atoms with E-state index in [9.17, 15) is 17.1 Å². The van der Waals surface area contributed by atoms with Crippen molar-refractivity contribution in [1.29, 1.82) is 0 Å². The number of carbonyl (C=O) groups excluding carboxylic acids is 1. The van der Waals surface area contributed by atoms with Crippen LogP contribution in [0.5, 0.6) is 0 Å². The summed E-state index contributed by atoms with van der Waals surface area (Å²) in [4.78, 5) is 13.3. The molecule has 1 rings (SSSR count). The van der Waals surface area contributed by atoms with Gasteiger partial charge in [-0.3, -0.25) is 4.79 Å². The molecule has 0 fully saturated rings. The molecule has 64 valence electrons. The fraction of sp³-hybridized carbons (Fsp3) is 0. The van der Waals surface area contributed by atoms with E-state index in [1.807, 2.05) is 0 Å². The van der Waals surface area contributed by atoms with Crippen LogP contribution in [0.25, 0.3) is 0 Å². The number of pyridine rings is 1. The van der Waals surface area contributed by atoms with Crippen LogP contribution in [0, 0.1) is 0 Å². The second-order valence-corrected chi connectivity index (χ2v) is 3.25. The molecule has 0 aliphatic carbocycles. The normalized spacial score (nSPS) is 11.1. The van der Waals surface area contributed by atoms with Crippen molar-refractivity contribution < 1.29 is 17.1 Å². The monoisotopic (exact) mass is 189 g/mol. The van der Waals surface area contributed by atoms with E-state index in [2.05, 4.69) is 4.98 Å². The van der Waals surface area contributed by atoms with Crippen LogP contribution in [0.3, 0.4) is 0 Å². The van der Waals surface area contributed by atoms with Crippen molar-refractivity contribution in [3.63, 3.8) is 0 Å². The Bertz CT molecular complexity index is 401. The Morgan fingerprint density at radius 3 is 2.58 bits per heavy atom. The second kappa shape index (κ2) is 2.98. The van der Waals surface area contributed by atoms with Gasteiger partial charge < -0.3 is 0 Å². The number of rotatable bonds is 2. The SMILES string of the molecule is O=Cc1cccc(S(=O)(=O)F)n1. The van der Waals surface area contributed by atoms with Gasteiger partial charge in [-0.05, 0) is 12.1 Å². The fourth-order valence-electron chi connectivity index (χ4n) is 0.632. The molecule has 0 unspecified atom stereocenters. The lowest BCUT2D eigenvalue weighted by Gasteiger charge is -1.93. The molecule has 0 aliphatic rings. The predicted molar refractivity (Wildman–Crippen MR) is 37.9 cm³/mol. The van der Waals surface area contributed by atoms with Crippen LogP contribution in [0.4, 0.5) is 3.89 Å². The molecule has 1 aromatic heterocycles. The Morgan fingerprint density at radius 1 is 1.42 bits per heavy atom.